The molecular weight excluding hydrogens is 286 g/mol. The standard InChI is InChI=1S/C12H15N3O4.ClH/c1-8-2-3-9(6-11(8)15(17)18)14-12(16)10-7-19-5-4-13-10;/h2-3,6,10,13H,4-5,7H2,1H3,(H,14,16);1H. The summed E-state index contributed by atoms with van der Waals surface area (Å²) < 4.78 is 5.19. The lowest BCUT2D eigenvalue weighted by Gasteiger charge is -2.22. The zero-order chi connectivity index (χ0) is 13.8. The van der Waals surface area contributed by atoms with E-state index >= 15 is 0 Å². The number of anilines is 1. The zero-order valence-electron chi connectivity index (χ0n) is 10.9. The summed E-state index contributed by atoms with van der Waals surface area (Å²) in [6, 6.07) is 4.19. The van der Waals surface area contributed by atoms with E-state index in [1.54, 1.807) is 19.1 Å². The maximum Gasteiger partial charge on any atom is 0.274 e. The van der Waals surface area contributed by atoms with Crippen LogP contribution in [0.2, 0.25) is 0 Å². The number of rotatable bonds is 3. The van der Waals surface area contributed by atoms with Gasteiger partial charge < -0.3 is 15.4 Å². The highest BCUT2D eigenvalue weighted by Crippen LogP contribution is 2.22. The number of nitro groups is 1. The number of hydrogen-bond acceptors (Lipinski definition) is 5. The number of amides is 1. The average Bonchev–Trinajstić information content (AvgIpc) is 2.41. The second-order valence-corrected chi connectivity index (χ2v) is 4.33. The first-order chi connectivity index (χ1) is 9.08. The predicted octanol–water partition coefficient (Wildman–Crippen LogP) is 1.25. The summed E-state index contributed by atoms with van der Waals surface area (Å²) in [6.45, 7) is 3.16. The van der Waals surface area contributed by atoms with Crippen molar-refractivity contribution < 1.29 is 14.5 Å². The van der Waals surface area contributed by atoms with Crippen molar-refractivity contribution in [3.8, 4) is 0 Å². The van der Waals surface area contributed by atoms with Gasteiger partial charge in [0.2, 0.25) is 5.91 Å². The number of morpholine rings is 1. The van der Waals surface area contributed by atoms with Gasteiger partial charge in [-0.05, 0) is 13.0 Å². The van der Waals surface area contributed by atoms with E-state index in [1.165, 1.54) is 6.07 Å². The highest BCUT2D eigenvalue weighted by Gasteiger charge is 2.21. The molecule has 1 amide bonds. The lowest BCUT2D eigenvalue weighted by Crippen LogP contribution is -2.48. The van der Waals surface area contributed by atoms with Crippen LogP contribution < -0.4 is 10.6 Å². The van der Waals surface area contributed by atoms with E-state index < -0.39 is 11.0 Å². The number of aryl methyl sites for hydroxylation is 1. The van der Waals surface area contributed by atoms with Crippen LogP contribution in [0, 0.1) is 17.0 Å². The predicted molar refractivity (Wildman–Crippen MR) is 76.3 cm³/mol. The van der Waals surface area contributed by atoms with Crippen molar-refractivity contribution in [2.75, 3.05) is 25.1 Å². The minimum atomic E-state index is -0.465. The molecule has 0 aliphatic carbocycles. The third kappa shape index (κ3) is 3.89. The highest BCUT2D eigenvalue weighted by molar-refractivity contribution is 5.95. The first-order valence-corrected chi connectivity index (χ1v) is 5.95. The lowest BCUT2D eigenvalue weighted by atomic mass is 10.1. The molecule has 1 atom stereocenters. The van der Waals surface area contributed by atoms with Crippen molar-refractivity contribution >= 4 is 29.7 Å². The molecule has 1 aromatic carbocycles. The molecule has 0 radical (unpaired) electrons. The summed E-state index contributed by atoms with van der Waals surface area (Å²) in [4.78, 5) is 22.3. The molecule has 110 valence electrons. The number of nitro benzene ring substituents is 1. The van der Waals surface area contributed by atoms with Gasteiger partial charge in [-0.1, -0.05) is 6.07 Å². The summed E-state index contributed by atoms with van der Waals surface area (Å²) >= 11 is 0. The van der Waals surface area contributed by atoms with E-state index in [2.05, 4.69) is 10.6 Å². The Hall–Kier alpha value is -1.70. The molecule has 0 bridgehead atoms. The van der Waals surface area contributed by atoms with Gasteiger partial charge in [-0.25, -0.2) is 0 Å². The minimum Gasteiger partial charge on any atom is -0.378 e. The largest absolute Gasteiger partial charge is 0.378 e. The number of nitrogens with one attached hydrogen (secondary N) is 2. The van der Waals surface area contributed by atoms with Gasteiger partial charge in [-0.15, -0.1) is 12.4 Å². The quantitative estimate of drug-likeness (QED) is 0.647. The highest BCUT2D eigenvalue weighted by atomic mass is 35.5. The summed E-state index contributed by atoms with van der Waals surface area (Å²) in [5.74, 6) is -0.252. The third-order valence-corrected chi connectivity index (χ3v) is 2.91. The molecule has 1 aromatic rings. The molecule has 1 aliphatic heterocycles. The monoisotopic (exact) mass is 301 g/mol. The first kappa shape index (κ1) is 16.4. The Morgan fingerprint density at radius 3 is 2.90 bits per heavy atom. The Bertz CT molecular complexity index is 503. The maximum atomic E-state index is 11.9. The van der Waals surface area contributed by atoms with Crippen LogP contribution >= 0.6 is 12.4 Å². The Morgan fingerprint density at radius 1 is 1.55 bits per heavy atom. The van der Waals surface area contributed by atoms with Gasteiger partial charge in [0.25, 0.3) is 5.69 Å². The fourth-order valence-corrected chi connectivity index (χ4v) is 1.85. The van der Waals surface area contributed by atoms with Crippen molar-refractivity contribution in [3.05, 3.63) is 33.9 Å². The number of nitrogens with zero attached hydrogens (tertiary/aromatic N) is 1. The van der Waals surface area contributed by atoms with Crippen LogP contribution in [0.15, 0.2) is 18.2 Å². The molecule has 2 N–H and O–H groups in total. The van der Waals surface area contributed by atoms with Gasteiger partial charge >= 0.3 is 0 Å². The molecule has 0 saturated carbocycles. The van der Waals surface area contributed by atoms with Crippen LogP contribution in [-0.2, 0) is 9.53 Å². The van der Waals surface area contributed by atoms with Gasteiger partial charge in [-0.2, -0.15) is 0 Å². The molecule has 1 saturated heterocycles. The SMILES string of the molecule is Cc1ccc(NC(=O)C2COCCN2)cc1[N+](=O)[O-].Cl. The molecular formula is C12H16ClN3O4. The summed E-state index contributed by atoms with van der Waals surface area (Å²) in [5, 5.41) is 16.5. The molecule has 7 nitrogen and oxygen atoms in total. The molecule has 2 rings (SSSR count). The van der Waals surface area contributed by atoms with Crippen molar-refractivity contribution in [1.29, 1.82) is 0 Å². The number of ether oxygens (including phenoxy) is 1. The topological polar surface area (TPSA) is 93.5 Å². The second kappa shape index (κ2) is 7.18. The molecule has 20 heavy (non-hydrogen) atoms. The Balaban J connectivity index is 0.00000200. The first-order valence-electron chi connectivity index (χ1n) is 5.95. The van der Waals surface area contributed by atoms with Gasteiger partial charge in [0.1, 0.15) is 6.04 Å². The summed E-state index contributed by atoms with van der Waals surface area (Å²) in [6.07, 6.45) is 0. The van der Waals surface area contributed by atoms with E-state index in [9.17, 15) is 14.9 Å². The zero-order valence-corrected chi connectivity index (χ0v) is 11.7. The van der Waals surface area contributed by atoms with E-state index in [0.29, 0.717) is 31.0 Å². The van der Waals surface area contributed by atoms with Crippen LogP contribution in [0.25, 0.3) is 0 Å². The molecule has 0 aromatic heterocycles. The molecule has 1 fully saturated rings. The Labute approximate surface area is 122 Å². The molecule has 0 spiro atoms. The fourth-order valence-electron chi connectivity index (χ4n) is 1.85. The second-order valence-electron chi connectivity index (χ2n) is 4.33. The van der Waals surface area contributed by atoms with Crippen LogP contribution in [0.4, 0.5) is 11.4 Å². The number of benzene rings is 1. The average molecular weight is 302 g/mol. The molecule has 8 heteroatoms. The molecule has 1 aliphatic rings. The Kier molecular flexibility index (Phi) is 5.87. The number of halogens is 1. The van der Waals surface area contributed by atoms with Crippen LogP contribution in [-0.4, -0.2) is 36.6 Å². The van der Waals surface area contributed by atoms with Crippen LogP contribution in [0.1, 0.15) is 5.56 Å². The number of carbonyl (C=O) groups is 1. The van der Waals surface area contributed by atoms with Crippen molar-refractivity contribution in [2.45, 2.75) is 13.0 Å². The van der Waals surface area contributed by atoms with Gasteiger partial charge in [0.05, 0.1) is 18.1 Å². The molecule has 1 heterocycles. The molecule has 1 unspecified atom stereocenters. The number of hydrogen-bond donors (Lipinski definition) is 2. The maximum absolute atomic E-state index is 11.9. The van der Waals surface area contributed by atoms with Crippen molar-refractivity contribution in [3.63, 3.8) is 0 Å². The fraction of sp³-hybridized carbons (Fsp3) is 0.417. The normalized spacial score (nSPS) is 17.9. The lowest BCUT2D eigenvalue weighted by molar-refractivity contribution is -0.385. The number of carbonyl (C=O) groups excluding carboxylic acids is 1. The van der Waals surface area contributed by atoms with E-state index in [1.807, 2.05) is 0 Å². The minimum absolute atomic E-state index is 0. The van der Waals surface area contributed by atoms with E-state index in [4.69, 9.17) is 4.74 Å². The van der Waals surface area contributed by atoms with Crippen LogP contribution in [0.3, 0.4) is 0 Å². The third-order valence-electron chi connectivity index (χ3n) is 2.91. The summed E-state index contributed by atoms with van der Waals surface area (Å²) in [7, 11) is 0. The Morgan fingerprint density at radius 2 is 2.30 bits per heavy atom. The van der Waals surface area contributed by atoms with Crippen molar-refractivity contribution in [1.82, 2.24) is 5.32 Å². The van der Waals surface area contributed by atoms with Crippen LogP contribution in [0.5, 0.6) is 0 Å². The van der Waals surface area contributed by atoms with E-state index in [-0.39, 0.29) is 24.0 Å². The van der Waals surface area contributed by atoms with Gasteiger partial charge in [0, 0.05) is 23.9 Å². The van der Waals surface area contributed by atoms with Crippen molar-refractivity contribution in [2.24, 2.45) is 0 Å². The van der Waals surface area contributed by atoms with E-state index in [0.717, 1.165) is 0 Å². The van der Waals surface area contributed by atoms with Gasteiger partial charge in [-0.3, -0.25) is 14.9 Å². The summed E-state index contributed by atoms with van der Waals surface area (Å²) in [5.41, 5.74) is 0.961. The van der Waals surface area contributed by atoms with Gasteiger partial charge in [0.15, 0.2) is 0 Å². The smallest absolute Gasteiger partial charge is 0.274 e.